The lowest BCUT2D eigenvalue weighted by Crippen LogP contribution is -2.45. The molecule has 4 heterocycles. The molecule has 3 aromatic carbocycles. The Kier molecular flexibility index (Phi) is 9.01. The molecule has 0 atom stereocenters. The Labute approximate surface area is 281 Å². The van der Waals surface area contributed by atoms with Crippen molar-refractivity contribution >= 4 is 16.7 Å². The van der Waals surface area contributed by atoms with Crippen LogP contribution in [0, 0.1) is 17.6 Å². The second-order valence-electron chi connectivity index (χ2n) is 12.5. The molecule has 2 aliphatic rings. The van der Waals surface area contributed by atoms with Crippen molar-refractivity contribution in [3.63, 3.8) is 0 Å². The smallest absolute Gasteiger partial charge is 0.269 e. The Morgan fingerprint density at radius 2 is 1.82 bits per heavy atom. The van der Waals surface area contributed by atoms with Crippen LogP contribution < -0.4 is 24.5 Å². The molecule has 0 unspecified atom stereocenters. The van der Waals surface area contributed by atoms with Gasteiger partial charge in [0.15, 0.2) is 28.8 Å². The molecule has 11 heteroatoms. The first kappa shape index (κ1) is 32.3. The number of Topliss-reactive ketones (excluding diaryl/α,β-unsaturated/α-hetero) is 1. The lowest BCUT2D eigenvalue weighted by atomic mass is 10.0. The Morgan fingerprint density at radius 1 is 1.00 bits per heavy atom. The predicted octanol–water partition coefficient (Wildman–Crippen LogP) is 6.55. The zero-order valence-corrected chi connectivity index (χ0v) is 27.2. The molecular weight excluding hydrogens is 632 g/mol. The van der Waals surface area contributed by atoms with E-state index >= 15 is 4.39 Å². The van der Waals surface area contributed by atoms with Gasteiger partial charge in [0.1, 0.15) is 22.9 Å². The molecule has 0 spiro atoms. The molecule has 2 aromatic heterocycles. The van der Waals surface area contributed by atoms with Crippen LogP contribution in [0.1, 0.15) is 34.8 Å². The van der Waals surface area contributed by atoms with E-state index in [-0.39, 0.29) is 23.5 Å². The average Bonchev–Trinajstić information content (AvgIpc) is 3.55. The number of carbonyl (C=O) groups is 1. The van der Waals surface area contributed by atoms with Crippen molar-refractivity contribution in [2.24, 2.45) is 5.92 Å². The highest BCUT2D eigenvalue weighted by molar-refractivity contribution is 6.00. The number of ether oxygens (including phenoxy) is 4. The van der Waals surface area contributed by atoms with Crippen LogP contribution in [0.5, 0.6) is 28.7 Å². The van der Waals surface area contributed by atoms with Crippen molar-refractivity contribution in [2.45, 2.75) is 26.2 Å². The summed E-state index contributed by atoms with van der Waals surface area (Å²) >= 11 is 0. The van der Waals surface area contributed by atoms with Gasteiger partial charge in [-0.25, -0.2) is 8.78 Å². The minimum Gasteiger partial charge on any atom is -0.493 e. The van der Waals surface area contributed by atoms with Crippen molar-refractivity contribution in [1.82, 2.24) is 14.5 Å². The quantitative estimate of drug-likeness (QED) is 0.109. The number of pyridine rings is 2. The summed E-state index contributed by atoms with van der Waals surface area (Å²) in [5.41, 5.74) is 1.35. The van der Waals surface area contributed by atoms with Crippen LogP contribution in [0.3, 0.4) is 0 Å². The van der Waals surface area contributed by atoms with Crippen LogP contribution >= 0.6 is 0 Å². The van der Waals surface area contributed by atoms with E-state index in [0.717, 1.165) is 32.0 Å². The molecule has 0 radical (unpaired) electrons. The third-order valence-electron chi connectivity index (χ3n) is 8.82. The number of hydrogen-bond acceptors (Lipinski definition) is 8. The fraction of sp³-hybridized carbons (Fsp3) is 0.289. The molecule has 0 bridgehead atoms. The van der Waals surface area contributed by atoms with Crippen molar-refractivity contribution < 1.29 is 32.5 Å². The standard InChI is InChI=1S/C38H35F2N3O6/c1-23-20-42(21-23)13-3-14-47-35-19-30-28(18-34(35)46-2)32(10-12-41-30)49-33-9-4-24(16-29(33)40)17-31(44)36-37-25(11-15-48-37)22-43(38(36)45)27-7-5-26(39)6-8-27/h4-10,12,16,18-19,22-23H,3,11,13-15,17,20-21H2,1-2H3. The highest BCUT2D eigenvalue weighted by atomic mass is 19.1. The number of carbonyl (C=O) groups excluding carboxylic acids is 1. The summed E-state index contributed by atoms with van der Waals surface area (Å²) < 4.78 is 53.7. The Hall–Kier alpha value is -5.29. The van der Waals surface area contributed by atoms with E-state index in [2.05, 4.69) is 16.8 Å². The average molecular weight is 668 g/mol. The summed E-state index contributed by atoms with van der Waals surface area (Å²) in [7, 11) is 1.56. The Morgan fingerprint density at radius 3 is 2.57 bits per heavy atom. The minimum atomic E-state index is -0.683. The number of aromatic nitrogens is 2. The molecule has 252 valence electrons. The predicted molar refractivity (Wildman–Crippen MR) is 180 cm³/mol. The maximum absolute atomic E-state index is 15.5. The molecule has 2 aliphatic heterocycles. The van der Waals surface area contributed by atoms with Gasteiger partial charge in [-0.15, -0.1) is 0 Å². The molecular formula is C38H35F2N3O6. The van der Waals surface area contributed by atoms with Crippen molar-refractivity contribution in [3.05, 3.63) is 112 Å². The van der Waals surface area contributed by atoms with Gasteiger partial charge < -0.3 is 23.8 Å². The van der Waals surface area contributed by atoms with Gasteiger partial charge in [-0.3, -0.25) is 19.1 Å². The number of rotatable bonds is 12. The van der Waals surface area contributed by atoms with Crippen LogP contribution in [0.15, 0.2) is 77.9 Å². The van der Waals surface area contributed by atoms with Crippen LogP contribution in [-0.2, 0) is 12.8 Å². The topological polar surface area (TPSA) is 92.1 Å². The van der Waals surface area contributed by atoms with Gasteiger partial charge >= 0.3 is 0 Å². The molecule has 1 saturated heterocycles. The number of likely N-dealkylation sites (tertiary alicyclic amines) is 1. The zero-order valence-electron chi connectivity index (χ0n) is 27.2. The Balaban J connectivity index is 1.08. The molecule has 49 heavy (non-hydrogen) atoms. The maximum atomic E-state index is 15.5. The first-order valence-corrected chi connectivity index (χ1v) is 16.3. The molecule has 5 aromatic rings. The first-order valence-electron chi connectivity index (χ1n) is 16.3. The SMILES string of the molecule is COc1cc2c(Oc3ccc(CC(=O)c4c5c(cn(-c6ccc(F)cc6)c4=O)CCO5)cc3F)ccnc2cc1OCCCN1CC(C)C1. The van der Waals surface area contributed by atoms with E-state index in [1.165, 1.54) is 41.0 Å². The molecule has 0 aliphatic carbocycles. The molecule has 0 amide bonds. The van der Waals surface area contributed by atoms with Gasteiger partial charge in [0, 0.05) is 67.6 Å². The molecule has 0 N–H and O–H groups in total. The fourth-order valence-electron chi connectivity index (χ4n) is 6.40. The first-order chi connectivity index (χ1) is 23.8. The van der Waals surface area contributed by atoms with Crippen molar-refractivity contribution in [1.29, 1.82) is 0 Å². The molecule has 7 rings (SSSR count). The summed E-state index contributed by atoms with van der Waals surface area (Å²) in [4.78, 5) is 33.9. The van der Waals surface area contributed by atoms with Gasteiger partial charge in [-0.2, -0.15) is 0 Å². The molecule has 0 saturated carbocycles. The third-order valence-corrected chi connectivity index (χ3v) is 8.82. The van der Waals surface area contributed by atoms with E-state index in [1.807, 2.05) is 0 Å². The van der Waals surface area contributed by atoms with Crippen molar-refractivity contribution in [2.75, 3.05) is 40.0 Å². The van der Waals surface area contributed by atoms with Crippen LogP contribution in [0.4, 0.5) is 8.78 Å². The number of halogens is 2. The van der Waals surface area contributed by atoms with Gasteiger partial charge in [0.25, 0.3) is 5.56 Å². The molecule has 1 fully saturated rings. The largest absolute Gasteiger partial charge is 0.493 e. The lowest BCUT2D eigenvalue weighted by molar-refractivity contribution is 0.0988. The second kappa shape index (κ2) is 13.7. The summed E-state index contributed by atoms with van der Waals surface area (Å²) in [5.74, 6) is 0.735. The van der Waals surface area contributed by atoms with Gasteiger partial charge in [-0.05, 0) is 66.4 Å². The van der Waals surface area contributed by atoms with E-state index in [9.17, 15) is 14.0 Å². The van der Waals surface area contributed by atoms with Crippen LogP contribution in [-0.4, -0.2) is 60.2 Å². The number of nitrogens with zero attached hydrogens (tertiary/aromatic N) is 3. The number of benzene rings is 3. The van der Waals surface area contributed by atoms with Gasteiger partial charge in [0.05, 0.1) is 25.8 Å². The van der Waals surface area contributed by atoms with Crippen LogP contribution in [0.2, 0.25) is 0 Å². The monoisotopic (exact) mass is 667 g/mol. The van der Waals surface area contributed by atoms with Gasteiger partial charge in [-0.1, -0.05) is 13.0 Å². The number of ketones is 1. The summed E-state index contributed by atoms with van der Waals surface area (Å²) in [5, 5.41) is 0.607. The summed E-state index contributed by atoms with van der Waals surface area (Å²) in [6.45, 7) is 6.34. The number of hydrogen-bond donors (Lipinski definition) is 0. The summed E-state index contributed by atoms with van der Waals surface area (Å²) in [6.07, 6.45) is 4.34. The highest BCUT2D eigenvalue weighted by Crippen LogP contribution is 2.38. The van der Waals surface area contributed by atoms with E-state index in [0.29, 0.717) is 64.6 Å². The Bertz CT molecular complexity index is 2090. The highest BCUT2D eigenvalue weighted by Gasteiger charge is 2.27. The maximum Gasteiger partial charge on any atom is 0.269 e. The summed E-state index contributed by atoms with van der Waals surface area (Å²) in [6, 6.07) is 14.8. The zero-order chi connectivity index (χ0) is 34.1. The van der Waals surface area contributed by atoms with Gasteiger partial charge in [0.2, 0.25) is 0 Å². The lowest BCUT2D eigenvalue weighted by Gasteiger charge is -2.37. The van der Waals surface area contributed by atoms with Crippen LogP contribution in [0.25, 0.3) is 16.6 Å². The van der Waals surface area contributed by atoms with E-state index < -0.39 is 23.0 Å². The van der Waals surface area contributed by atoms with E-state index in [4.69, 9.17) is 18.9 Å². The number of methoxy groups -OCH3 is 1. The minimum absolute atomic E-state index is 0.0501. The third kappa shape index (κ3) is 6.71. The molecule has 9 nitrogen and oxygen atoms in total. The number of fused-ring (bicyclic) bond motifs is 2. The van der Waals surface area contributed by atoms with E-state index in [1.54, 1.807) is 43.8 Å². The van der Waals surface area contributed by atoms with Crippen molar-refractivity contribution in [3.8, 4) is 34.4 Å². The fourth-order valence-corrected chi connectivity index (χ4v) is 6.40. The second-order valence-corrected chi connectivity index (χ2v) is 12.5. The normalized spacial score (nSPS) is 14.3.